The van der Waals surface area contributed by atoms with Gasteiger partial charge in [0.2, 0.25) is 5.91 Å². The molecular weight excluding hydrogens is 979 g/mol. The zero-order valence-corrected chi connectivity index (χ0v) is 49.2. The Balaban J connectivity index is 1.48. The van der Waals surface area contributed by atoms with Crippen LogP contribution in [0.5, 0.6) is 0 Å². The molecule has 2 heterocycles. The number of rotatable bonds is 53. The number of aliphatic hydroxyl groups excluding tert-OH is 8. The molecule has 2 aliphatic rings. The van der Waals surface area contributed by atoms with E-state index in [4.69, 9.17) is 18.9 Å². The normalized spacial score (nSPS) is 24.7. The Kier molecular flexibility index (Phi) is 46.0. The Morgan fingerprint density at radius 2 is 0.818 bits per heavy atom. The van der Waals surface area contributed by atoms with E-state index in [0.29, 0.717) is 12.8 Å². The van der Waals surface area contributed by atoms with E-state index in [2.05, 4.69) is 31.3 Å². The average Bonchev–Trinajstić information content (AvgIpc) is 3.43. The lowest BCUT2D eigenvalue weighted by Gasteiger charge is -2.46. The Labute approximate surface area is 469 Å². The van der Waals surface area contributed by atoms with Crippen LogP contribution in [0.4, 0.5) is 0 Å². The molecule has 0 spiro atoms. The zero-order chi connectivity index (χ0) is 56.0. The molecule has 0 aromatic carbocycles. The van der Waals surface area contributed by atoms with Gasteiger partial charge in [0.25, 0.3) is 0 Å². The van der Waals surface area contributed by atoms with Crippen LogP contribution in [-0.4, -0.2) is 140 Å². The largest absolute Gasteiger partial charge is 0.394 e. The first kappa shape index (κ1) is 71.8. The lowest BCUT2D eigenvalue weighted by molar-refractivity contribution is -0.359. The summed E-state index contributed by atoms with van der Waals surface area (Å²) in [7, 11) is 0. The highest BCUT2D eigenvalue weighted by atomic mass is 16.7. The summed E-state index contributed by atoms with van der Waals surface area (Å²) in [6, 6.07) is -0.821. The maximum atomic E-state index is 13.2. The average molecular weight is 1100 g/mol. The van der Waals surface area contributed by atoms with Crippen LogP contribution in [0.25, 0.3) is 0 Å². The molecule has 2 fully saturated rings. The fourth-order valence-electron chi connectivity index (χ4n) is 11.0. The molecule has 2 rings (SSSR count). The maximum absolute atomic E-state index is 13.2. The lowest BCUT2D eigenvalue weighted by Crippen LogP contribution is -2.65. The van der Waals surface area contributed by atoms with E-state index in [1.165, 1.54) is 199 Å². The van der Waals surface area contributed by atoms with E-state index >= 15 is 0 Å². The van der Waals surface area contributed by atoms with Gasteiger partial charge in [-0.1, -0.05) is 257 Å². The van der Waals surface area contributed by atoms with Crippen LogP contribution in [-0.2, 0) is 23.7 Å². The summed E-state index contributed by atoms with van der Waals surface area (Å²) in [5, 5.41) is 86.7. The summed E-state index contributed by atoms with van der Waals surface area (Å²) in [6.45, 7) is 2.80. The molecular formula is C63H121NO13. The lowest BCUT2D eigenvalue weighted by atomic mass is 9.97. The Morgan fingerprint density at radius 3 is 1.23 bits per heavy atom. The molecule has 0 radical (unpaired) electrons. The van der Waals surface area contributed by atoms with Gasteiger partial charge in [0.05, 0.1) is 32.0 Å². The number of hydrogen-bond acceptors (Lipinski definition) is 13. The van der Waals surface area contributed by atoms with Crippen LogP contribution in [0.3, 0.4) is 0 Å². The van der Waals surface area contributed by atoms with E-state index in [1.54, 1.807) is 0 Å². The number of carbonyl (C=O) groups excluding carboxylic acids is 1. The summed E-state index contributed by atoms with van der Waals surface area (Å²) < 4.78 is 22.7. The van der Waals surface area contributed by atoms with Gasteiger partial charge < -0.3 is 65.1 Å². The summed E-state index contributed by atoms with van der Waals surface area (Å²) in [5.41, 5.74) is 0. The third-order valence-electron chi connectivity index (χ3n) is 16.2. The second-order valence-electron chi connectivity index (χ2n) is 23.2. The molecule has 14 heteroatoms. The molecule has 1 amide bonds. The Morgan fingerprint density at radius 1 is 0.455 bits per heavy atom. The minimum absolute atomic E-state index is 0.206. The molecule has 14 nitrogen and oxygen atoms in total. The Bertz CT molecular complexity index is 1340. The molecule has 0 aliphatic carbocycles. The summed E-state index contributed by atoms with van der Waals surface area (Å²) in [4.78, 5) is 13.2. The maximum Gasteiger partial charge on any atom is 0.220 e. The van der Waals surface area contributed by atoms with Crippen molar-refractivity contribution in [3.05, 3.63) is 12.2 Å². The van der Waals surface area contributed by atoms with Crippen molar-refractivity contribution >= 4 is 5.91 Å². The van der Waals surface area contributed by atoms with Crippen molar-refractivity contribution in [2.24, 2.45) is 0 Å². The van der Waals surface area contributed by atoms with Crippen LogP contribution < -0.4 is 5.32 Å². The molecule has 2 aliphatic heterocycles. The molecule has 0 saturated carbocycles. The highest BCUT2D eigenvalue weighted by molar-refractivity contribution is 5.76. The minimum Gasteiger partial charge on any atom is -0.394 e. The Hall–Kier alpha value is -1.27. The summed E-state index contributed by atoms with van der Waals surface area (Å²) >= 11 is 0. The van der Waals surface area contributed by atoms with E-state index < -0.39 is 86.8 Å². The fourth-order valence-corrected chi connectivity index (χ4v) is 11.0. The van der Waals surface area contributed by atoms with E-state index in [-0.39, 0.29) is 12.5 Å². The smallest absolute Gasteiger partial charge is 0.220 e. The van der Waals surface area contributed by atoms with Gasteiger partial charge in [-0.3, -0.25) is 4.79 Å². The van der Waals surface area contributed by atoms with Crippen molar-refractivity contribution in [3.63, 3.8) is 0 Å². The fraction of sp³-hybridized carbons (Fsp3) is 0.952. The quantitative estimate of drug-likeness (QED) is 0.0204. The second-order valence-corrected chi connectivity index (χ2v) is 23.2. The van der Waals surface area contributed by atoms with Crippen LogP contribution in [0.2, 0.25) is 0 Å². The first-order valence-corrected chi connectivity index (χ1v) is 32.4. The van der Waals surface area contributed by atoms with Crippen molar-refractivity contribution in [1.29, 1.82) is 0 Å². The van der Waals surface area contributed by atoms with Crippen LogP contribution in [0, 0.1) is 0 Å². The van der Waals surface area contributed by atoms with E-state index in [9.17, 15) is 45.6 Å². The number of ether oxygens (including phenoxy) is 4. The standard InChI is InChI=1S/C63H121NO13/c1-3-5-7-9-11-12-13-14-15-16-17-18-19-20-21-22-23-24-25-26-27-28-29-30-31-32-33-34-35-36-37-38-39-40-41-43-45-47-55(68)64-51(52(67)46-44-42-10-8-6-4-2)50-74-62-60(73)58(71)61(54(49-66)76-62)77-63-59(72)57(70)56(69)53(48-65)75-63/h16-17,51-54,56-63,65-67,69-73H,3-15,18-50H2,1-2H3,(H,64,68)/b17-16-. The van der Waals surface area contributed by atoms with Crippen molar-refractivity contribution in [3.8, 4) is 0 Å². The van der Waals surface area contributed by atoms with Crippen molar-refractivity contribution < 1.29 is 64.6 Å². The molecule has 12 atom stereocenters. The van der Waals surface area contributed by atoms with Gasteiger partial charge in [-0.05, 0) is 38.5 Å². The topological polar surface area (TPSA) is 228 Å². The third kappa shape index (κ3) is 34.7. The molecule has 456 valence electrons. The van der Waals surface area contributed by atoms with Crippen molar-refractivity contribution in [1.82, 2.24) is 5.32 Å². The first-order valence-electron chi connectivity index (χ1n) is 32.4. The van der Waals surface area contributed by atoms with E-state index in [0.717, 1.165) is 64.2 Å². The number of allylic oxidation sites excluding steroid dienone is 2. The van der Waals surface area contributed by atoms with Gasteiger partial charge in [-0.2, -0.15) is 0 Å². The molecule has 12 unspecified atom stereocenters. The van der Waals surface area contributed by atoms with Crippen molar-refractivity contribution in [2.75, 3.05) is 19.8 Å². The van der Waals surface area contributed by atoms with Gasteiger partial charge in [0.15, 0.2) is 12.6 Å². The summed E-state index contributed by atoms with van der Waals surface area (Å²) in [6.07, 6.45) is 41.8. The SMILES string of the molecule is CCCCCCCCCC/C=C\CCCCCCCCCCCCCCCCCCCCCCCCCCCC(=O)NC(COC1OC(CO)C(OC2OC(CO)C(O)C(O)C2O)C(O)C1O)C(O)CCCCCCCC. The zero-order valence-electron chi connectivity index (χ0n) is 49.2. The predicted octanol–water partition coefficient (Wildman–Crippen LogP) is 11.8. The number of hydrogen-bond donors (Lipinski definition) is 9. The summed E-state index contributed by atoms with van der Waals surface area (Å²) in [5.74, 6) is -0.206. The highest BCUT2D eigenvalue weighted by Crippen LogP contribution is 2.30. The van der Waals surface area contributed by atoms with Gasteiger partial charge in [-0.25, -0.2) is 0 Å². The monoisotopic (exact) mass is 1100 g/mol. The number of amides is 1. The molecule has 0 bridgehead atoms. The molecule has 77 heavy (non-hydrogen) atoms. The number of nitrogens with one attached hydrogen (secondary N) is 1. The molecule has 9 N–H and O–H groups in total. The van der Waals surface area contributed by atoms with E-state index in [1.807, 2.05) is 0 Å². The van der Waals surface area contributed by atoms with Crippen LogP contribution in [0.1, 0.15) is 290 Å². The van der Waals surface area contributed by atoms with Crippen LogP contribution in [0.15, 0.2) is 12.2 Å². The molecule has 2 saturated heterocycles. The molecule has 0 aromatic rings. The van der Waals surface area contributed by atoms with Gasteiger partial charge >= 0.3 is 0 Å². The number of aliphatic hydroxyl groups is 8. The van der Waals surface area contributed by atoms with Crippen molar-refractivity contribution in [2.45, 2.75) is 364 Å². The number of unbranched alkanes of at least 4 members (excludes halogenated alkanes) is 38. The van der Waals surface area contributed by atoms with Crippen LogP contribution >= 0.6 is 0 Å². The van der Waals surface area contributed by atoms with Gasteiger partial charge in [0, 0.05) is 6.42 Å². The number of carbonyl (C=O) groups is 1. The van der Waals surface area contributed by atoms with Gasteiger partial charge in [-0.15, -0.1) is 0 Å². The third-order valence-corrected chi connectivity index (χ3v) is 16.2. The van der Waals surface area contributed by atoms with Gasteiger partial charge in [0.1, 0.15) is 48.8 Å². The predicted molar refractivity (Wildman–Crippen MR) is 309 cm³/mol. The minimum atomic E-state index is -1.78. The molecule has 0 aromatic heterocycles. The first-order chi connectivity index (χ1) is 37.6. The second kappa shape index (κ2) is 49.3. The highest BCUT2D eigenvalue weighted by Gasteiger charge is 2.51.